The summed E-state index contributed by atoms with van der Waals surface area (Å²) in [6, 6.07) is 3.43. The van der Waals surface area contributed by atoms with Crippen molar-refractivity contribution in [1.29, 1.82) is 5.26 Å². The third-order valence-corrected chi connectivity index (χ3v) is 8.11. The summed E-state index contributed by atoms with van der Waals surface area (Å²) in [6.45, 7) is 8.55. The van der Waals surface area contributed by atoms with Gasteiger partial charge < -0.3 is 30.4 Å². The number of nitrogens with zero attached hydrogens (tertiary/aromatic N) is 4. The molecule has 2 aliphatic rings. The second kappa shape index (κ2) is 13.5. The number of nitriles is 1. The van der Waals surface area contributed by atoms with Crippen LogP contribution in [0.4, 0.5) is 10.6 Å². The Morgan fingerprint density at radius 2 is 1.95 bits per heavy atom. The maximum atomic E-state index is 13.1. The van der Waals surface area contributed by atoms with Gasteiger partial charge in [-0.15, -0.1) is 0 Å². The molecule has 3 heterocycles. The molecule has 14 heteroatoms. The summed E-state index contributed by atoms with van der Waals surface area (Å²) < 4.78 is 18.7. The van der Waals surface area contributed by atoms with Crippen LogP contribution in [0.3, 0.4) is 0 Å². The van der Waals surface area contributed by atoms with Crippen LogP contribution in [0.15, 0.2) is 18.5 Å². The van der Waals surface area contributed by atoms with Gasteiger partial charge in [0.15, 0.2) is 11.9 Å². The maximum absolute atomic E-state index is 13.1. The average Bonchev–Trinajstić information content (AvgIpc) is 3.51. The van der Waals surface area contributed by atoms with E-state index in [1.165, 1.54) is 16.9 Å². The number of carbonyl (C=O) groups is 3. The molecule has 4 rings (SSSR count). The first-order valence-electron chi connectivity index (χ1n) is 15.1. The summed E-state index contributed by atoms with van der Waals surface area (Å²) in [5.41, 5.74) is 3.79. The van der Waals surface area contributed by atoms with Crippen LogP contribution < -0.4 is 16.4 Å². The second-order valence-electron chi connectivity index (χ2n) is 13.0. The van der Waals surface area contributed by atoms with Gasteiger partial charge in [-0.05, 0) is 50.2 Å². The zero-order valence-corrected chi connectivity index (χ0v) is 25.9. The van der Waals surface area contributed by atoms with Gasteiger partial charge in [-0.25, -0.2) is 14.3 Å². The Morgan fingerprint density at radius 1 is 1.25 bits per heavy atom. The number of urea groups is 1. The number of hydrogen-bond acceptors (Lipinski definition) is 11. The van der Waals surface area contributed by atoms with Crippen molar-refractivity contribution < 1.29 is 33.7 Å². The summed E-state index contributed by atoms with van der Waals surface area (Å²) in [4.78, 5) is 42.3. The molecule has 1 aliphatic heterocycles. The van der Waals surface area contributed by atoms with Gasteiger partial charge >= 0.3 is 18.0 Å². The molecule has 5 atom stereocenters. The fourth-order valence-corrected chi connectivity index (χ4v) is 5.58. The second-order valence-corrected chi connectivity index (χ2v) is 13.0. The van der Waals surface area contributed by atoms with Crippen LogP contribution in [0.5, 0.6) is 0 Å². The standard InChI is InChI=1S/C30H43N7O7/c1-17(2)35-28(41)36-26-19-11-12-21(37(19)34-16-33-26)30(15-31)25(39)23(43-27(40)24(32)29(3,4)5)20(44-30)14-42-22(38)13-18-9-7-6-8-10-18/h11-12,16-18,20,23-25,39H,6-10,13-14,32H2,1-5H3,(H2,33,34,35,36,41)/t20-,23-,24-,25-,30+/m1/s1. The largest absolute Gasteiger partial charge is 0.463 e. The molecule has 2 aromatic rings. The van der Waals surface area contributed by atoms with E-state index in [4.69, 9.17) is 19.9 Å². The third-order valence-electron chi connectivity index (χ3n) is 8.11. The summed E-state index contributed by atoms with van der Waals surface area (Å²) in [5.74, 6) is -0.850. The molecule has 2 fully saturated rings. The van der Waals surface area contributed by atoms with Crippen LogP contribution in [0.25, 0.3) is 5.52 Å². The van der Waals surface area contributed by atoms with E-state index in [0.29, 0.717) is 5.52 Å². The molecule has 0 spiro atoms. The topological polar surface area (TPSA) is 203 Å². The van der Waals surface area contributed by atoms with Crippen LogP contribution in [-0.2, 0) is 29.4 Å². The summed E-state index contributed by atoms with van der Waals surface area (Å²) in [5, 5.41) is 31.7. The Kier molecular flexibility index (Phi) is 10.1. The molecular weight excluding hydrogens is 570 g/mol. The van der Waals surface area contributed by atoms with Crippen molar-refractivity contribution in [2.24, 2.45) is 17.1 Å². The highest BCUT2D eigenvalue weighted by Gasteiger charge is 2.60. The minimum atomic E-state index is -2.10. The minimum Gasteiger partial charge on any atom is -0.463 e. The molecule has 0 bridgehead atoms. The molecule has 5 N–H and O–H groups in total. The van der Waals surface area contributed by atoms with E-state index in [1.807, 2.05) is 6.07 Å². The predicted molar refractivity (Wildman–Crippen MR) is 158 cm³/mol. The zero-order valence-electron chi connectivity index (χ0n) is 25.9. The van der Waals surface area contributed by atoms with Gasteiger partial charge in [0.25, 0.3) is 0 Å². The van der Waals surface area contributed by atoms with Crippen molar-refractivity contribution in [3.05, 3.63) is 24.2 Å². The number of fused-ring (bicyclic) bond motifs is 1. The highest BCUT2D eigenvalue weighted by atomic mass is 16.6. The molecule has 1 saturated heterocycles. The number of nitrogens with two attached hydrogens (primary N) is 1. The lowest BCUT2D eigenvalue weighted by Crippen LogP contribution is -2.49. The number of rotatable bonds is 9. The normalized spacial score (nSPS) is 24.9. The number of hydrogen-bond donors (Lipinski definition) is 4. The lowest BCUT2D eigenvalue weighted by molar-refractivity contribution is -0.163. The van der Waals surface area contributed by atoms with Crippen LogP contribution in [0.1, 0.15) is 78.8 Å². The molecule has 1 aliphatic carbocycles. The smallest absolute Gasteiger partial charge is 0.323 e. The molecule has 1 saturated carbocycles. The van der Waals surface area contributed by atoms with E-state index < -0.39 is 53.3 Å². The van der Waals surface area contributed by atoms with Gasteiger partial charge in [0.2, 0.25) is 5.60 Å². The Morgan fingerprint density at radius 3 is 2.59 bits per heavy atom. The number of amides is 2. The zero-order chi connectivity index (χ0) is 32.2. The number of aliphatic hydroxyl groups excluding tert-OH is 1. The van der Waals surface area contributed by atoms with Gasteiger partial charge in [-0.2, -0.15) is 10.4 Å². The quantitative estimate of drug-likeness (QED) is 0.303. The third kappa shape index (κ3) is 7.11. The number of carbonyl (C=O) groups excluding carboxylic acids is 3. The van der Waals surface area contributed by atoms with Crippen LogP contribution in [-0.4, -0.2) is 74.7 Å². The van der Waals surface area contributed by atoms with Crippen LogP contribution in [0.2, 0.25) is 0 Å². The Bertz CT molecular complexity index is 1390. The number of aromatic nitrogens is 3. The fraction of sp³-hybridized carbons (Fsp3) is 0.667. The SMILES string of the molecule is CC(C)NC(=O)Nc1ncnn2c([C@]3(C#N)O[C@H](COC(=O)CC4CCCCC4)[C@@H](OC(=O)[C@@H](N)C(C)(C)C)[C@H]3O)ccc12. The van der Waals surface area contributed by atoms with E-state index in [2.05, 4.69) is 20.7 Å². The molecule has 0 radical (unpaired) electrons. The highest BCUT2D eigenvalue weighted by molar-refractivity contribution is 5.92. The lowest BCUT2D eigenvalue weighted by Gasteiger charge is -2.29. The molecule has 2 amide bonds. The van der Waals surface area contributed by atoms with Crippen molar-refractivity contribution in [3.8, 4) is 6.07 Å². The van der Waals surface area contributed by atoms with Gasteiger partial charge in [0.1, 0.15) is 42.8 Å². The number of ether oxygens (including phenoxy) is 3. The minimum absolute atomic E-state index is 0.0921. The van der Waals surface area contributed by atoms with E-state index in [-0.39, 0.29) is 36.5 Å². The first-order valence-corrected chi connectivity index (χ1v) is 15.1. The molecule has 0 unspecified atom stereocenters. The molecule has 2 aromatic heterocycles. The van der Waals surface area contributed by atoms with E-state index >= 15 is 0 Å². The van der Waals surface area contributed by atoms with Crippen molar-refractivity contribution in [2.75, 3.05) is 11.9 Å². The average molecular weight is 614 g/mol. The molecule has 0 aromatic carbocycles. The van der Waals surface area contributed by atoms with Crippen molar-refractivity contribution in [2.45, 2.75) is 109 Å². The fourth-order valence-electron chi connectivity index (χ4n) is 5.58. The summed E-state index contributed by atoms with van der Waals surface area (Å²) in [6.07, 6.45) is 2.31. The highest BCUT2D eigenvalue weighted by Crippen LogP contribution is 2.42. The van der Waals surface area contributed by atoms with E-state index in [0.717, 1.165) is 32.1 Å². The van der Waals surface area contributed by atoms with Gasteiger partial charge in [-0.3, -0.25) is 14.9 Å². The number of esters is 2. The van der Waals surface area contributed by atoms with Crippen molar-refractivity contribution in [3.63, 3.8) is 0 Å². The Balaban J connectivity index is 1.63. The summed E-state index contributed by atoms with van der Waals surface area (Å²) >= 11 is 0. The maximum Gasteiger partial charge on any atom is 0.323 e. The Hall–Kier alpha value is -3.80. The van der Waals surface area contributed by atoms with Gasteiger partial charge in [-0.1, -0.05) is 40.0 Å². The van der Waals surface area contributed by atoms with Gasteiger partial charge in [0.05, 0.1) is 5.69 Å². The van der Waals surface area contributed by atoms with Crippen molar-refractivity contribution in [1.82, 2.24) is 19.9 Å². The molecule has 14 nitrogen and oxygen atoms in total. The number of nitrogens with one attached hydrogen (secondary N) is 2. The van der Waals surface area contributed by atoms with E-state index in [1.54, 1.807) is 40.7 Å². The number of anilines is 1. The first-order chi connectivity index (χ1) is 20.8. The first kappa shape index (κ1) is 33.1. The van der Waals surface area contributed by atoms with Crippen LogP contribution >= 0.6 is 0 Å². The summed E-state index contributed by atoms with van der Waals surface area (Å²) in [7, 11) is 0. The van der Waals surface area contributed by atoms with Crippen LogP contribution in [0, 0.1) is 22.7 Å². The molecule has 240 valence electrons. The van der Waals surface area contributed by atoms with Gasteiger partial charge in [0, 0.05) is 12.5 Å². The monoisotopic (exact) mass is 613 g/mol. The Labute approximate surface area is 256 Å². The van der Waals surface area contributed by atoms with E-state index in [9.17, 15) is 24.8 Å². The predicted octanol–water partition coefficient (Wildman–Crippen LogP) is 2.54. The molecular formula is C30H43N7O7. The number of aliphatic hydroxyl groups is 1. The lowest BCUT2D eigenvalue weighted by atomic mass is 9.87. The van der Waals surface area contributed by atoms with Crippen molar-refractivity contribution >= 4 is 29.3 Å². The molecule has 44 heavy (non-hydrogen) atoms.